The fraction of sp³-hybridized carbons (Fsp3) is 0.652. The summed E-state index contributed by atoms with van der Waals surface area (Å²) in [6, 6.07) is 7.65. The summed E-state index contributed by atoms with van der Waals surface area (Å²) in [4.78, 5) is 26.3. The van der Waals surface area contributed by atoms with Crippen LogP contribution in [0.2, 0.25) is 0 Å². The molecule has 0 spiro atoms. The molecule has 3 N–H and O–H groups in total. The van der Waals surface area contributed by atoms with Gasteiger partial charge in [-0.1, -0.05) is 0 Å². The summed E-state index contributed by atoms with van der Waals surface area (Å²) in [5.41, 5.74) is 1.22. The highest BCUT2D eigenvalue weighted by Crippen LogP contribution is 2.23. The van der Waals surface area contributed by atoms with Crippen LogP contribution >= 0.6 is 0 Å². The Kier molecular flexibility index (Phi) is 9.54. The van der Waals surface area contributed by atoms with E-state index in [0.29, 0.717) is 38.0 Å². The lowest BCUT2D eigenvalue weighted by Crippen LogP contribution is -2.40. The molecule has 1 atom stereocenters. The number of carbonyl (C=O) groups is 2. The van der Waals surface area contributed by atoms with Crippen LogP contribution in [-0.4, -0.2) is 56.9 Å². The summed E-state index contributed by atoms with van der Waals surface area (Å²) in [6.45, 7) is 10.6. The highest BCUT2D eigenvalue weighted by molar-refractivity contribution is 7.90. The van der Waals surface area contributed by atoms with E-state index in [1.807, 2.05) is 45.0 Å². The van der Waals surface area contributed by atoms with Gasteiger partial charge in [0.15, 0.2) is 0 Å². The van der Waals surface area contributed by atoms with Crippen LogP contribution in [0.3, 0.4) is 0 Å². The third-order valence-corrected chi connectivity index (χ3v) is 7.03. The zero-order chi connectivity index (χ0) is 24.6. The van der Waals surface area contributed by atoms with Crippen LogP contribution in [0.15, 0.2) is 24.3 Å². The number of nitrogens with one attached hydrogen (secondary N) is 3. The summed E-state index contributed by atoms with van der Waals surface area (Å²) >= 11 is 0. The number of nitrogens with zero attached hydrogens (tertiary/aromatic N) is 1. The van der Waals surface area contributed by atoms with E-state index in [4.69, 9.17) is 4.74 Å². The van der Waals surface area contributed by atoms with Crippen molar-refractivity contribution in [3.05, 3.63) is 24.3 Å². The number of anilines is 2. The Balaban J connectivity index is 1.71. The molecule has 1 unspecified atom stereocenters. The molecule has 1 saturated heterocycles. The summed E-state index contributed by atoms with van der Waals surface area (Å²) in [6.07, 6.45) is 1.97. The van der Waals surface area contributed by atoms with Crippen molar-refractivity contribution >= 4 is 33.4 Å². The number of alkyl carbamates (subject to hydrolysis) is 1. The highest BCUT2D eigenvalue weighted by atomic mass is 32.2. The van der Waals surface area contributed by atoms with Crippen LogP contribution in [0.5, 0.6) is 0 Å². The molecule has 1 aromatic rings. The van der Waals surface area contributed by atoms with Crippen molar-refractivity contribution in [3.63, 3.8) is 0 Å². The fourth-order valence-corrected chi connectivity index (χ4v) is 4.12. The summed E-state index contributed by atoms with van der Waals surface area (Å²) in [5, 5.41) is 5.33. The van der Waals surface area contributed by atoms with Gasteiger partial charge in [-0.25, -0.2) is 17.9 Å². The average Bonchev–Trinajstić information content (AvgIpc) is 3.14. The van der Waals surface area contributed by atoms with Gasteiger partial charge in [-0.2, -0.15) is 0 Å². The minimum absolute atomic E-state index is 0.0317. The Morgan fingerprint density at radius 2 is 1.82 bits per heavy atom. The number of hydrogen-bond acceptors (Lipinski definition) is 6. The van der Waals surface area contributed by atoms with Crippen molar-refractivity contribution in [2.45, 2.75) is 77.2 Å². The molecule has 10 heteroatoms. The fourth-order valence-electron chi connectivity index (χ4n) is 3.36. The largest absolute Gasteiger partial charge is 0.444 e. The van der Waals surface area contributed by atoms with E-state index in [1.54, 1.807) is 13.8 Å². The number of unbranched alkanes of at least 4 members (excludes halogenated alkanes) is 1. The highest BCUT2D eigenvalue weighted by Gasteiger charge is 2.26. The Morgan fingerprint density at radius 1 is 1.15 bits per heavy atom. The molecule has 1 heterocycles. The lowest BCUT2D eigenvalue weighted by Gasteiger charge is -2.22. The van der Waals surface area contributed by atoms with Gasteiger partial charge in [-0.3, -0.25) is 4.79 Å². The molecule has 1 fully saturated rings. The monoisotopic (exact) mass is 482 g/mol. The van der Waals surface area contributed by atoms with Gasteiger partial charge >= 0.3 is 6.09 Å². The van der Waals surface area contributed by atoms with Gasteiger partial charge < -0.3 is 20.3 Å². The lowest BCUT2D eigenvalue weighted by atomic mass is 10.2. The first-order valence-electron chi connectivity index (χ1n) is 11.5. The standard InChI is InChI=1S/C23H38N4O5S/c1-17(2)33(30,31)24-14-7-6-8-21(28)25-18-9-11-20(12-10-18)27-15-13-19(16-27)26-22(29)32-23(3,4)5/h9-12,17,19,24H,6-8,13-16H2,1-5H3,(H,25,28)(H,26,29). The third kappa shape index (κ3) is 9.59. The normalized spacial score (nSPS) is 16.7. The quantitative estimate of drug-likeness (QED) is 0.441. The molecule has 1 aliphatic heterocycles. The first-order chi connectivity index (χ1) is 15.4. The molecule has 2 rings (SSSR count). The van der Waals surface area contributed by atoms with Gasteiger partial charge in [-0.15, -0.1) is 0 Å². The second-order valence-corrected chi connectivity index (χ2v) is 11.9. The van der Waals surface area contributed by atoms with Gasteiger partial charge in [-0.05, 0) is 78.1 Å². The number of benzene rings is 1. The smallest absolute Gasteiger partial charge is 0.407 e. The van der Waals surface area contributed by atoms with E-state index in [2.05, 4.69) is 20.3 Å². The second-order valence-electron chi connectivity index (χ2n) is 9.62. The first kappa shape index (κ1) is 26.9. The van der Waals surface area contributed by atoms with Crippen molar-refractivity contribution < 1.29 is 22.7 Å². The van der Waals surface area contributed by atoms with E-state index < -0.39 is 27.0 Å². The van der Waals surface area contributed by atoms with Gasteiger partial charge in [0.05, 0.1) is 11.3 Å². The van der Waals surface area contributed by atoms with Crippen molar-refractivity contribution in [1.29, 1.82) is 0 Å². The van der Waals surface area contributed by atoms with Gasteiger partial charge in [0.2, 0.25) is 15.9 Å². The molecule has 1 aliphatic rings. The van der Waals surface area contributed by atoms with Crippen LogP contribution in [-0.2, 0) is 19.6 Å². The van der Waals surface area contributed by atoms with Crippen molar-refractivity contribution in [3.8, 4) is 0 Å². The topological polar surface area (TPSA) is 117 Å². The Hall–Kier alpha value is -2.33. The van der Waals surface area contributed by atoms with E-state index >= 15 is 0 Å². The zero-order valence-corrected chi connectivity index (χ0v) is 21.1. The first-order valence-corrected chi connectivity index (χ1v) is 13.0. The van der Waals surface area contributed by atoms with Gasteiger partial charge in [0, 0.05) is 37.4 Å². The molecule has 9 nitrogen and oxygen atoms in total. The maximum atomic E-state index is 12.2. The van der Waals surface area contributed by atoms with E-state index in [0.717, 1.165) is 18.7 Å². The predicted octanol–water partition coefficient (Wildman–Crippen LogP) is 3.23. The molecule has 0 aliphatic carbocycles. The molecule has 33 heavy (non-hydrogen) atoms. The molecular weight excluding hydrogens is 444 g/mol. The van der Waals surface area contributed by atoms with Gasteiger partial charge in [0.1, 0.15) is 5.60 Å². The minimum Gasteiger partial charge on any atom is -0.444 e. The second kappa shape index (κ2) is 11.7. The van der Waals surface area contributed by atoms with Crippen LogP contribution in [0.25, 0.3) is 0 Å². The third-order valence-electron chi connectivity index (χ3n) is 5.18. The average molecular weight is 483 g/mol. The Bertz CT molecular complexity index is 894. The summed E-state index contributed by atoms with van der Waals surface area (Å²) < 4.78 is 31.2. The SMILES string of the molecule is CC(C)S(=O)(=O)NCCCCC(=O)Nc1ccc(N2CCC(NC(=O)OC(C)(C)C)C2)cc1. The number of rotatable bonds is 10. The number of amides is 2. The molecule has 0 saturated carbocycles. The van der Waals surface area contributed by atoms with Crippen LogP contribution in [0.1, 0.15) is 60.3 Å². The molecular formula is C23H38N4O5S. The van der Waals surface area contributed by atoms with E-state index in [-0.39, 0.29) is 11.9 Å². The molecule has 0 radical (unpaired) electrons. The molecule has 0 bridgehead atoms. The molecule has 1 aromatic carbocycles. The van der Waals surface area contributed by atoms with Crippen LogP contribution < -0.4 is 20.3 Å². The minimum atomic E-state index is -3.26. The Labute approximate surface area is 197 Å². The maximum absolute atomic E-state index is 12.2. The van der Waals surface area contributed by atoms with Crippen molar-refractivity contribution in [2.75, 3.05) is 29.9 Å². The van der Waals surface area contributed by atoms with Crippen LogP contribution in [0.4, 0.5) is 16.2 Å². The van der Waals surface area contributed by atoms with Crippen LogP contribution in [0, 0.1) is 0 Å². The zero-order valence-electron chi connectivity index (χ0n) is 20.3. The summed E-state index contributed by atoms with van der Waals surface area (Å²) in [5.74, 6) is -0.0998. The van der Waals surface area contributed by atoms with E-state index in [1.165, 1.54) is 0 Å². The predicted molar refractivity (Wildman–Crippen MR) is 131 cm³/mol. The summed E-state index contributed by atoms with van der Waals surface area (Å²) in [7, 11) is -3.26. The number of ether oxygens (including phenoxy) is 1. The van der Waals surface area contributed by atoms with Crippen molar-refractivity contribution in [2.24, 2.45) is 0 Å². The Morgan fingerprint density at radius 3 is 2.42 bits per heavy atom. The maximum Gasteiger partial charge on any atom is 0.407 e. The van der Waals surface area contributed by atoms with Gasteiger partial charge in [0.25, 0.3) is 0 Å². The molecule has 2 amide bonds. The van der Waals surface area contributed by atoms with Crippen molar-refractivity contribution in [1.82, 2.24) is 10.0 Å². The molecule has 186 valence electrons. The number of carbonyl (C=O) groups excluding carboxylic acids is 2. The number of sulfonamides is 1. The lowest BCUT2D eigenvalue weighted by molar-refractivity contribution is -0.116. The molecule has 0 aromatic heterocycles. The van der Waals surface area contributed by atoms with E-state index in [9.17, 15) is 18.0 Å². The number of hydrogen-bond donors (Lipinski definition) is 3.